The number of hydrogen-bond acceptors (Lipinski definition) is 4. The lowest BCUT2D eigenvalue weighted by molar-refractivity contribution is -0.121. The molecular weight excluding hydrogens is 373 g/mol. The van der Waals surface area contributed by atoms with Gasteiger partial charge in [0.2, 0.25) is 5.82 Å². The largest absolute Gasteiger partial charge is 0.335 e. The summed E-state index contributed by atoms with van der Waals surface area (Å²) in [5.41, 5.74) is 2.37. The first-order valence-corrected chi connectivity index (χ1v) is 9.29. The summed E-state index contributed by atoms with van der Waals surface area (Å²) in [6, 6.07) is 15.4. The second kappa shape index (κ2) is 7.83. The van der Waals surface area contributed by atoms with Gasteiger partial charge in [0.05, 0.1) is 0 Å². The summed E-state index contributed by atoms with van der Waals surface area (Å²) in [7, 11) is 1.57. The summed E-state index contributed by atoms with van der Waals surface area (Å²) in [5, 5.41) is 10.3. The Morgan fingerprint density at radius 1 is 1.17 bits per heavy atom. The van der Waals surface area contributed by atoms with Crippen LogP contribution in [0.2, 0.25) is 0 Å². The van der Waals surface area contributed by atoms with Gasteiger partial charge in [-0.3, -0.25) is 9.59 Å². The molecule has 2 aromatic carbocycles. The monoisotopic (exact) mass is 393 g/mol. The number of nitrogens with zero attached hydrogens (tertiary/aromatic N) is 3. The molecule has 3 aromatic rings. The van der Waals surface area contributed by atoms with Crippen LogP contribution in [-0.4, -0.2) is 46.3 Å². The highest BCUT2D eigenvalue weighted by atomic mass is 19.1. The van der Waals surface area contributed by atoms with Gasteiger partial charge in [-0.2, -0.15) is 0 Å². The fourth-order valence-electron chi connectivity index (χ4n) is 3.45. The number of likely N-dealkylation sites (N-methyl/N-ethyl adjacent to an activating group) is 1. The van der Waals surface area contributed by atoms with Crippen molar-refractivity contribution in [3.05, 3.63) is 77.4 Å². The number of para-hydroxylation sites is 1. The molecule has 4 rings (SSSR count). The Bertz CT molecular complexity index is 1040. The van der Waals surface area contributed by atoms with Crippen LogP contribution in [0.3, 0.4) is 0 Å². The van der Waals surface area contributed by atoms with E-state index in [4.69, 9.17) is 0 Å². The van der Waals surface area contributed by atoms with Gasteiger partial charge in [0, 0.05) is 25.6 Å². The minimum absolute atomic E-state index is 0.0346. The number of halogens is 1. The number of carbonyl (C=O) groups excluding carboxylic acids is 2. The van der Waals surface area contributed by atoms with Crippen LogP contribution in [0.25, 0.3) is 0 Å². The third-order valence-electron chi connectivity index (χ3n) is 4.98. The van der Waals surface area contributed by atoms with Gasteiger partial charge in [0.1, 0.15) is 18.0 Å². The lowest BCUT2D eigenvalue weighted by Crippen LogP contribution is -2.52. The van der Waals surface area contributed by atoms with Crippen molar-refractivity contribution in [1.82, 2.24) is 20.5 Å². The lowest BCUT2D eigenvalue weighted by Gasteiger charge is -2.22. The third-order valence-corrected chi connectivity index (χ3v) is 4.98. The smallest absolute Gasteiger partial charge is 0.289 e. The molecule has 29 heavy (non-hydrogen) atoms. The maximum Gasteiger partial charge on any atom is 0.289 e. The first kappa shape index (κ1) is 18.8. The van der Waals surface area contributed by atoms with Crippen molar-refractivity contribution in [3.63, 3.8) is 0 Å². The van der Waals surface area contributed by atoms with E-state index in [9.17, 15) is 14.0 Å². The predicted molar refractivity (Wildman–Crippen MR) is 105 cm³/mol. The summed E-state index contributed by atoms with van der Waals surface area (Å²) in [6.07, 6.45) is -1.04. The van der Waals surface area contributed by atoms with Gasteiger partial charge >= 0.3 is 0 Å². The second-order valence-electron chi connectivity index (χ2n) is 6.98. The predicted octanol–water partition coefficient (Wildman–Crippen LogP) is 2.05. The van der Waals surface area contributed by atoms with Crippen LogP contribution < -0.4 is 10.2 Å². The van der Waals surface area contributed by atoms with Gasteiger partial charge < -0.3 is 15.2 Å². The minimum Gasteiger partial charge on any atom is -0.335 e. The first-order chi connectivity index (χ1) is 14.0. The normalized spacial score (nSPS) is 18.8. The molecule has 1 aliphatic heterocycles. The SMILES string of the molecule is CN1C(=O)C(NC(=O)c2nnc(Cc3ccccc3)[nH]2)[C@@H](F)Cc2ccccc21. The van der Waals surface area contributed by atoms with Gasteiger partial charge in [-0.15, -0.1) is 10.2 Å². The van der Waals surface area contributed by atoms with Crippen LogP contribution in [-0.2, 0) is 17.6 Å². The van der Waals surface area contributed by atoms with Crippen molar-refractivity contribution in [1.29, 1.82) is 0 Å². The zero-order valence-corrected chi connectivity index (χ0v) is 15.8. The molecule has 0 bridgehead atoms. The molecule has 8 heteroatoms. The maximum atomic E-state index is 14.9. The molecule has 1 aliphatic rings. The molecule has 1 aromatic heterocycles. The average molecular weight is 393 g/mol. The van der Waals surface area contributed by atoms with Gasteiger partial charge in [0.15, 0.2) is 0 Å². The highest BCUT2D eigenvalue weighted by Gasteiger charge is 2.37. The summed E-state index contributed by atoms with van der Waals surface area (Å²) < 4.78 is 14.9. The fourth-order valence-corrected chi connectivity index (χ4v) is 3.45. The molecule has 1 unspecified atom stereocenters. The zero-order valence-electron chi connectivity index (χ0n) is 15.8. The number of carbonyl (C=O) groups is 2. The number of H-pyrrole nitrogens is 1. The van der Waals surface area contributed by atoms with Crippen LogP contribution in [0.1, 0.15) is 27.6 Å². The van der Waals surface area contributed by atoms with Crippen molar-refractivity contribution in [2.75, 3.05) is 11.9 Å². The van der Waals surface area contributed by atoms with E-state index >= 15 is 0 Å². The maximum absolute atomic E-state index is 14.9. The van der Waals surface area contributed by atoms with Crippen molar-refractivity contribution in [3.8, 4) is 0 Å². The second-order valence-corrected chi connectivity index (χ2v) is 6.98. The van der Waals surface area contributed by atoms with Crippen LogP contribution >= 0.6 is 0 Å². The average Bonchev–Trinajstić information content (AvgIpc) is 3.17. The summed E-state index contributed by atoms with van der Waals surface area (Å²) in [5.74, 6) is -0.729. The number of aromatic nitrogens is 3. The van der Waals surface area contributed by atoms with E-state index in [0.29, 0.717) is 17.9 Å². The van der Waals surface area contributed by atoms with E-state index in [1.54, 1.807) is 31.3 Å². The van der Waals surface area contributed by atoms with Crippen LogP contribution in [0.5, 0.6) is 0 Å². The molecule has 0 aliphatic carbocycles. The lowest BCUT2D eigenvalue weighted by atomic mass is 10.0. The van der Waals surface area contributed by atoms with Crippen LogP contribution in [0, 0.1) is 0 Å². The van der Waals surface area contributed by atoms with E-state index < -0.39 is 24.0 Å². The molecule has 0 fully saturated rings. The van der Waals surface area contributed by atoms with Crippen molar-refractivity contribution >= 4 is 17.5 Å². The number of anilines is 1. The topological polar surface area (TPSA) is 91.0 Å². The number of nitrogens with one attached hydrogen (secondary N) is 2. The fraction of sp³-hybridized carbons (Fsp3) is 0.238. The van der Waals surface area contributed by atoms with Gasteiger partial charge in [-0.1, -0.05) is 48.5 Å². The van der Waals surface area contributed by atoms with Crippen molar-refractivity contribution < 1.29 is 14.0 Å². The van der Waals surface area contributed by atoms with Gasteiger partial charge in [-0.05, 0) is 17.2 Å². The summed E-state index contributed by atoms with van der Waals surface area (Å²) >= 11 is 0. The molecule has 0 saturated carbocycles. The minimum atomic E-state index is -1.55. The molecular formula is C21H20FN5O2. The Hall–Kier alpha value is -3.55. The Morgan fingerprint density at radius 3 is 2.69 bits per heavy atom. The van der Waals surface area contributed by atoms with E-state index in [1.165, 1.54) is 4.90 Å². The number of amides is 2. The highest BCUT2D eigenvalue weighted by molar-refractivity contribution is 6.02. The van der Waals surface area contributed by atoms with Crippen molar-refractivity contribution in [2.24, 2.45) is 0 Å². The molecule has 2 heterocycles. The number of fused-ring (bicyclic) bond motifs is 1. The molecule has 148 valence electrons. The molecule has 0 spiro atoms. The quantitative estimate of drug-likeness (QED) is 0.710. The Labute approximate surface area is 167 Å². The van der Waals surface area contributed by atoms with E-state index in [0.717, 1.165) is 11.1 Å². The van der Waals surface area contributed by atoms with E-state index in [1.807, 2.05) is 30.3 Å². The van der Waals surface area contributed by atoms with E-state index in [2.05, 4.69) is 20.5 Å². The first-order valence-electron chi connectivity index (χ1n) is 9.29. The third kappa shape index (κ3) is 3.87. The zero-order chi connectivity index (χ0) is 20.4. The van der Waals surface area contributed by atoms with Crippen LogP contribution in [0.4, 0.5) is 10.1 Å². The molecule has 2 N–H and O–H groups in total. The Balaban J connectivity index is 1.49. The number of hydrogen-bond donors (Lipinski definition) is 2. The van der Waals surface area contributed by atoms with Gasteiger partial charge in [-0.25, -0.2) is 4.39 Å². The standard InChI is InChI=1S/C21H20FN5O2/c1-27-16-10-6-5-9-14(16)12-15(22)18(21(27)29)24-20(28)19-23-17(25-26-19)11-13-7-3-2-4-8-13/h2-10,15,18H,11-12H2,1H3,(H,24,28)(H,23,25,26)/t15-,18?/m0/s1. The highest BCUT2D eigenvalue weighted by Crippen LogP contribution is 2.27. The van der Waals surface area contributed by atoms with Gasteiger partial charge in [0.25, 0.3) is 11.8 Å². The molecule has 2 amide bonds. The van der Waals surface area contributed by atoms with Crippen LogP contribution in [0.15, 0.2) is 54.6 Å². The molecule has 0 radical (unpaired) electrons. The Kier molecular flexibility index (Phi) is 5.07. The van der Waals surface area contributed by atoms with E-state index in [-0.39, 0.29) is 12.2 Å². The summed E-state index contributed by atoms with van der Waals surface area (Å²) in [4.78, 5) is 29.6. The number of aromatic amines is 1. The number of rotatable bonds is 4. The summed E-state index contributed by atoms with van der Waals surface area (Å²) in [6.45, 7) is 0. The molecule has 0 saturated heterocycles. The molecule has 2 atom stereocenters. The Morgan fingerprint density at radius 2 is 1.90 bits per heavy atom. The number of benzene rings is 2. The number of alkyl halides is 1. The van der Waals surface area contributed by atoms with Crippen molar-refractivity contribution in [2.45, 2.75) is 25.1 Å². The molecule has 7 nitrogen and oxygen atoms in total.